The van der Waals surface area contributed by atoms with Crippen molar-refractivity contribution in [1.82, 2.24) is 10.6 Å². The molecule has 2 rings (SSSR count). The van der Waals surface area contributed by atoms with Crippen molar-refractivity contribution in [1.29, 1.82) is 0 Å². The summed E-state index contributed by atoms with van der Waals surface area (Å²) in [5.41, 5.74) is -1.56. The summed E-state index contributed by atoms with van der Waals surface area (Å²) < 4.78 is 38.1. The minimum atomic E-state index is -4.09. The summed E-state index contributed by atoms with van der Waals surface area (Å²) in [5, 5.41) is 6.08. The number of alkyl halides is 3. The maximum absolute atomic E-state index is 12.7. The zero-order valence-corrected chi connectivity index (χ0v) is 10.1. The van der Waals surface area contributed by atoms with Crippen LogP contribution in [0.3, 0.4) is 0 Å². The zero-order chi connectivity index (χ0) is 12.4. The van der Waals surface area contributed by atoms with Crippen molar-refractivity contribution in [2.45, 2.75) is 62.7 Å². The van der Waals surface area contributed by atoms with Crippen molar-refractivity contribution >= 4 is 0 Å². The van der Waals surface area contributed by atoms with Crippen molar-refractivity contribution in [3.05, 3.63) is 0 Å². The Hall–Kier alpha value is -0.290. The smallest absolute Gasteiger partial charge is 0.313 e. The molecule has 1 saturated carbocycles. The topological polar surface area (TPSA) is 24.1 Å². The number of nitrogens with one attached hydrogen (secondary N) is 2. The molecule has 5 heteroatoms. The molecular formula is C12H21F3N2. The van der Waals surface area contributed by atoms with Crippen LogP contribution in [0.4, 0.5) is 13.2 Å². The van der Waals surface area contributed by atoms with Crippen LogP contribution in [-0.2, 0) is 0 Å². The van der Waals surface area contributed by atoms with Crippen molar-refractivity contribution in [2.24, 2.45) is 0 Å². The van der Waals surface area contributed by atoms with Crippen LogP contribution < -0.4 is 10.6 Å². The third-order valence-corrected chi connectivity index (χ3v) is 3.89. The first kappa shape index (κ1) is 13.1. The molecule has 2 aliphatic rings. The van der Waals surface area contributed by atoms with Gasteiger partial charge in [0, 0.05) is 12.6 Å². The molecule has 0 radical (unpaired) electrons. The highest BCUT2D eigenvalue weighted by Crippen LogP contribution is 2.48. The Kier molecular flexibility index (Phi) is 3.98. The molecule has 2 fully saturated rings. The van der Waals surface area contributed by atoms with Crippen LogP contribution in [0.2, 0.25) is 0 Å². The fraction of sp³-hybridized carbons (Fsp3) is 1.00. The highest BCUT2D eigenvalue weighted by molar-refractivity contribution is 5.08. The largest absolute Gasteiger partial charge is 0.406 e. The van der Waals surface area contributed by atoms with Crippen LogP contribution in [0.25, 0.3) is 0 Å². The van der Waals surface area contributed by atoms with Gasteiger partial charge in [-0.1, -0.05) is 19.3 Å². The first-order valence-electron chi connectivity index (χ1n) is 6.59. The van der Waals surface area contributed by atoms with E-state index in [1.807, 2.05) is 0 Å². The molecule has 1 atom stereocenters. The van der Waals surface area contributed by atoms with Gasteiger partial charge in [0.25, 0.3) is 0 Å². The lowest BCUT2D eigenvalue weighted by Gasteiger charge is -2.26. The van der Waals surface area contributed by atoms with Crippen LogP contribution >= 0.6 is 0 Å². The molecule has 17 heavy (non-hydrogen) atoms. The van der Waals surface area contributed by atoms with Gasteiger partial charge in [-0.2, -0.15) is 13.2 Å². The van der Waals surface area contributed by atoms with E-state index in [0.717, 1.165) is 25.8 Å². The number of hydrogen-bond acceptors (Lipinski definition) is 2. The summed E-state index contributed by atoms with van der Waals surface area (Å²) in [7, 11) is 0. The second kappa shape index (κ2) is 5.14. The van der Waals surface area contributed by atoms with Crippen LogP contribution in [-0.4, -0.2) is 30.8 Å². The fourth-order valence-corrected chi connectivity index (χ4v) is 2.46. The molecule has 100 valence electrons. The minimum Gasteiger partial charge on any atom is -0.313 e. The Bertz CT molecular complexity index is 241. The molecule has 1 heterocycles. The van der Waals surface area contributed by atoms with Gasteiger partial charge in [0.05, 0.1) is 0 Å². The van der Waals surface area contributed by atoms with Gasteiger partial charge in [-0.3, -0.25) is 0 Å². The zero-order valence-electron chi connectivity index (χ0n) is 10.1. The maximum atomic E-state index is 12.7. The number of hydrogen-bond donors (Lipinski definition) is 2. The third kappa shape index (κ3) is 3.35. The van der Waals surface area contributed by atoms with Crippen LogP contribution in [0.15, 0.2) is 0 Å². The van der Waals surface area contributed by atoms with Gasteiger partial charge >= 0.3 is 6.18 Å². The highest BCUT2D eigenvalue weighted by atomic mass is 19.4. The average molecular weight is 250 g/mol. The molecule has 0 amide bonds. The van der Waals surface area contributed by atoms with Gasteiger partial charge < -0.3 is 10.6 Å². The van der Waals surface area contributed by atoms with Crippen LogP contribution in [0.5, 0.6) is 0 Å². The molecule has 1 unspecified atom stereocenters. The summed E-state index contributed by atoms with van der Waals surface area (Å²) in [6, 6.07) is 0.204. The van der Waals surface area contributed by atoms with Crippen molar-refractivity contribution in [3.8, 4) is 0 Å². The van der Waals surface area contributed by atoms with E-state index in [1.54, 1.807) is 0 Å². The van der Waals surface area contributed by atoms with Crippen LogP contribution in [0.1, 0.15) is 44.9 Å². The van der Waals surface area contributed by atoms with Gasteiger partial charge in [0.1, 0.15) is 5.54 Å². The Labute approximate surface area is 100 Å². The fourth-order valence-electron chi connectivity index (χ4n) is 2.46. The predicted molar refractivity (Wildman–Crippen MR) is 60.9 cm³/mol. The van der Waals surface area contributed by atoms with E-state index < -0.39 is 11.7 Å². The lowest BCUT2D eigenvalue weighted by Crippen LogP contribution is -2.50. The molecule has 0 bridgehead atoms. The van der Waals surface area contributed by atoms with E-state index in [9.17, 15) is 13.2 Å². The van der Waals surface area contributed by atoms with Crippen LogP contribution in [0, 0.1) is 0 Å². The Morgan fingerprint density at radius 1 is 1.12 bits per heavy atom. The van der Waals surface area contributed by atoms with Gasteiger partial charge in [0.15, 0.2) is 0 Å². The molecule has 2 nitrogen and oxygen atoms in total. The van der Waals surface area contributed by atoms with E-state index in [-0.39, 0.29) is 18.9 Å². The Balaban J connectivity index is 1.77. The minimum absolute atomic E-state index is 0.204. The Morgan fingerprint density at radius 2 is 1.82 bits per heavy atom. The summed E-state index contributed by atoms with van der Waals surface area (Å²) in [5.74, 6) is 0. The molecule has 2 N–H and O–H groups in total. The van der Waals surface area contributed by atoms with E-state index in [1.165, 1.54) is 12.8 Å². The SMILES string of the molecule is FC(F)(F)C1(NCC2CCCCCCN2)CC1. The molecule has 0 aromatic rings. The summed E-state index contributed by atoms with van der Waals surface area (Å²) in [6.45, 7) is 1.38. The average Bonchev–Trinajstić information content (AvgIpc) is 2.95. The molecule has 1 aliphatic carbocycles. The van der Waals surface area contributed by atoms with Crippen molar-refractivity contribution < 1.29 is 13.2 Å². The Morgan fingerprint density at radius 3 is 2.47 bits per heavy atom. The van der Waals surface area contributed by atoms with Crippen molar-refractivity contribution in [2.75, 3.05) is 13.1 Å². The number of halogens is 3. The predicted octanol–water partition coefficient (Wildman–Crippen LogP) is 2.59. The lowest BCUT2D eigenvalue weighted by molar-refractivity contribution is -0.166. The highest BCUT2D eigenvalue weighted by Gasteiger charge is 2.63. The van der Waals surface area contributed by atoms with Crippen molar-refractivity contribution in [3.63, 3.8) is 0 Å². The number of rotatable bonds is 3. The van der Waals surface area contributed by atoms with Gasteiger partial charge in [0.2, 0.25) is 0 Å². The normalized spacial score (nSPS) is 29.5. The molecular weight excluding hydrogens is 229 g/mol. The monoisotopic (exact) mass is 250 g/mol. The first-order chi connectivity index (χ1) is 8.04. The van der Waals surface area contributed by atoms with E-state index in [0.29, 0.717) is 6.54 Å². The van der Waals surface area contributed by atoms with Gasteiger partial charge in [-0.25, -0.2) is 0 Å². The first-order valence-corrected chi connectivity index (χ1v) is 6.59. The molecule has 1 saturated heterocycles. The summed E-state index contributed by atoms with van der Waals surface area (Å²) in [4.78, 5) is 0. The standard InChI is InChI=1S/C12H21F3N2/c13-12(14,15)11(6-7-11)17-9-10-5-3-1-2-4-8-16-10/h10,16-17H,1-9H2. The van der Waals surface area contributed by atoms with Gasteiger partial charge in [-0.15, -0.1) is 0 Å². The quantitative estimate of drug-likeness (QED) is 0.804. The maximum Gasteiger partial charge on any atom is 0.406 e. The lowest BCUT2D eigenvalue weighted by atomic mass is 10.0. The second-order valence-corrected chi connectivity index (χ2v) is 5.31. The van der Waals surface area contributed by atoms with E-state index in [4.69, 9.17) is 0 Å². The third-order valence-electron chi connectivity index (χ3n) is 3.89. The van der Waals surface area contributed by atoms with Gasteiger partial charge in [-0.05, 0) is 32.2 Å². The van der Waals surface area contributed by atoms with E-state index in [2.05, 4.69) is 10.6 Å². The molecule has 0 aromatic heterocycles. The molecule has 0 spiro atoms. The summed E-state index contributed by atoms with van der Waals surface area (Å²) >= 11 is 0. The molecule has 1 aliphatic heterocycles. The molecule has 0 aromatic carbocycles. The second-order valence-electron chi connectivity index (χ2n) is 5.31. The van der Waals surface area contributed by atoms with E-state index >= 15 is 0 Å². The summed E-state index contributed by atoms with van der Waals surface area (Å²) in [6.07, 6.45) is 2.09.